The van der Waals surface area contributed by atoms with Gasteiger partial charge in [-0.15, -0.1) is 0 Å². The summed E-state index contributed by atoms with van der Waals surface area (Å²) < 4.78 is 5.04. The third-order valence-corrected chi connectivity index (χ3v) is 2.49. The number of ether oxygens (including phenoxy) is 1. The molecule has 7 nitrogen and oxygen atoms in total. The van der Waals surface area contributed by atoms with Crippen molar-refractivity contribution >= 4 is 18.1 Å². The molecule has 0 radical (unpaired) electrons. The Morgan fingerprint density at radius 2 is 2.05 bits per heavy atom. The molecule has 0 saturated carbocycles. The number of aldehydes is 1. The maximum absolute atomic E-state index is 11.6. The number of carbonyl (C=O) groups excluding carboxylic acids is 2. The summed E-state index contributed by atoms with van der Waals surface area (Å²) in [4.78, 5) is 33.0. The van der Waals surface area contributed by atoms with Crippen molar-refractivity contribution in [3.05, 3.63) is 39.9 Å². The Bertz CT molecular complexity index is 536. The van der Waals surface area contributed by atoms with Gasteiger partial charge in [0.2, 0.25) is 0 Å². The van der Waals surface area contributed by atoms with Gasteiger partial charge in [-0.05, 0) is 20.8 Å². The number of benzene rings is 1. The summed E-state index contributed by atoms with van der Waals surface area (Å²) >= 11 is 0. The molecule has 21 heavy (non-hydrogen) atoms. The standard InChI is InChI=1S/C14H18N2O5/c1-14(2,3)21-13(18)15-11(9-17)8-10-6-4-5-7-12(10)16(19)20/h4-7,9,11H,8H2,1-3H3,(H,15,18)/t11-/m0/s1. The molecule has 0 saturated heterocycles. The van der Waals surface area contributed by atoms with Crippen LogP contribution in [0.5, 0.6) is 0 Å². The Kier molecular flexibility index (Phi) is 5.40. The van der Waals surface area contributed by atoms with Crippen LogP contribution in [0.25, 0.3) is 0 Å². The number of amides is 1. The van der Waals surface area contributed by atoms with Crippen LogP contribution < -0.4 is 5.32 Å². The second-order valence-corrected chi connectivity index (χ2v) is 5.48. The lowest BCUT2D eigenvalue weighted by molar-refractivity contribution is -0.385. The van der Waals surface area contributed by atoms with Crippen LogP contribution in [0.4, 0.5) is 10.5 Å². The number of hydrogen-bond acceptors (Lipinski definition) is 5. The lowest BCUT2D eigenvalue weighted by atomic mass is 10.1. The molecule has 1 atom stereocenters. The number of alkyl carbamates (subject to hydrolysis) is 1. The van der Waals surface area contributed by atoms with Gasteiger partial charge in [-0.1, -0.05) is 18.2 Å². The van der Waals surface area contributed by atoms with Crippen LogP contribution in [-0.4, -0.2) is 28.9 Å². The van der Waals surface area contributed by atoms with Gasteiger partial charge in [-0.3, -0.25) is 10.1 Å². The number of nitro benzene ring substituents is 1. The molecule has 114 valence electrons. The zero-order valence-electron chi connectivity index (χ0n) is 12.2. The van der Waals surface area contributed by atoms with E-state index >= 15 is 0 Å². The van der Waals surface area contributed by atoms with Crippen molar-refractivity contribution in [2.24, 2.45) is 0 Å². The minimum Gasteiger partial charge on any atom is -0.444 e. The zero-order valence-corrected chi connectivity index (χ0v) is 12.2. The molecule has 0 aliphatic carbocycles. The topological polar surface area (TPSA) is 98.5 Å². The second-order valence-electron chi connectivity index (χ2n) is 5.48. The average molecular weight is 294 g/mol. The highest BCUT2D eigenvalue weighted by molar-refractivity contribution is 5.73. The molecule has 0 fully saturated rings. The van der Waals surface area contributed by atoms with Crippen LogP contribution in [0.1, 0.15) is 26.3 Å². The number of carbonyl (C=O) groups is 2. The Labute approximate surface area is 122 Å². The van der Waals surface area contributed by atoms with E-state index in [9.17, 15) is 19.7 Å². The summed E-state index contributed by atoms with van der Waals surface area (Å²) in [5.74, 6) is 0. The van der Waals surface area contributed by atoms with E-state index in [4.69, 9.17) is 4.74 Å². The van der Waals surface area contributed by atoms with Crippen molar-refractivity contribution in [1.29, 1.82) is 0 Å². The van der Waals surface area contributed by atoms with E-state index in [0.29, 0.717) is 11.8 Å². The second kappa shape index (κ2) is 6.83. The first-order valence-electron chi connectivity index (χ1n) is 6.40. The summed E-state index contributed by atoms with van der Waals surface area (Å²) in [7, 11) is 0. The maximum Gasteiger partial charge on any atom is 0.408 e. The fraction of sp³-hybridized carbons (Fsp3) is 0.429. The molecular weight excluding hydrogens is 276 g/mol. The van der Waals surface area contributed by atoms with Crippen molar-refractivity contribution in [2.45, 2.75) is 38.8 Å². The molecule has 0 aliphatic rings. The molecule has 0 aromatic heterocycles. The highest BCUT2D eigenvalue weighted by Gasteiger charge is 2.22. The predicted octanol–water partition coefficient (Wildman–Crippen LogP) is 2.23. The monoisotopic (exact) mass is 294 g/mol. The lowest BCUT2D eigenvalue weighted by Gasteiger charge is -2.21. The zero-order chi connectivity index (χ0) is 16.0. The Balaban J connectivity index is 2.77. The van der Waals surface area contributed by atoms with Crippen LogP contribution >= 0.6 is 0 Å². The summed E-state index contributed by atoms with van der Waals surface area (Å²) in [5.41, 5.74) is -0.401. The molecule has 0 spiro atoms. The molecule has 1 amide bonds. The number of rotatable bonds is 5. The molecule has 7 heteroatoms. The summed E-state index contributed by atoms with van der Waals surface area (Å²) in [5, 5.41) is 13.3. The lowest BCUT2D eigenvalue weighted by Crippen LogP contribution is -2.41. The predicted molar refractivity (Wildman–Crippen MR) is 76.0 cm³/mol. The van der Waals surface area contributed by atoms with Crippen LogP contribution in [0.2, 0.25) is 0 Å². The number of nitro groups is 1. The van der Waals surface area contributed by atoms with E-state index in [0.717, 1.165) is 0 Å². The number of hydrogen-bond donors (Lipinski definition) is 1. The first kappa shape index (κ1) is 16.6. The molecule has 0 heterocycles. The number of nitrogens with zero attached hydrogens (tertiary/aromatic N) is 1. The van der Waals surface area contributed by atoms with E-state index in [-0.39, 0.29) is 12.1 Å². The third kappa shape index (κ3) is 5.60. The highest BCUT2D eigenvalue weighted by atomic mass is 16.6. The first-order valence-corrected chi connectivity index (χ1v) is 6.40. The number of para-hydroxylation sites is 1. The van der Waals surface area contributed by atoms with E-state index in [1.165, 1.54) is 6.07 Å². The van der Waals surface area contributed by atoms with Crippen LogP contribution in [0, 0.1) is 10.1 Å². The van der Waals surface area contributed by atoms with Crippen LogP contribution in [0.3, 0.4) is 0 Å². The highest BCUT2D eigenvalue weighted by Crippen LogP contribution is 2.19. The van der Waals surface area contributed by atoms with E-state index in [1.807, 2.05) is 0 Å². The van der Waals surface area contributed by atoms with Gasteiger partial charge in [0.25, 0.3) is 5.69 Å². The van der Waals surface area contributed by atoms with E-state index in [2.05, 4.69) is 5.32 Å². The van der Waals surface area contributed by atoms with Gasteiger partial charge in [0.15, 0.2) is 0 Å². The van der Waals surface area contributed by atoms with Gasteiger partial charge in [-0.2, -0.15) is 0 Å². The van der Waals surface area contributed by atoms with Crippen LogP contribution in [-0.2, 0) is 16.0 Å². The summed E-state index contributed by atoms with van der Waals surface area (Å²) in [6, 6.07) is 5.19. The third-order valence-electron chi connectivity index (χ3n) is 2.49. The fourth-order valence-corrected chi connectivity index (χ4v) is 1.69. The molecule has 0 bridgehead atoms. The van der Waals surface area contributed by atoms with Gasteiger partial charge >= 0.3 is 6.09 Å². The number of nitrogens with one attached hydrogen (secondary N) is 1. The Morgan fingerprint density at radius 3 is 2.57 bits per heavy atom. The van der Waals surface area contributed by atoms with E-state index in [1.54, 1.807) is 39.0 Å². The summed E-state index contributed by atoms with van der Waals surface area (Å²) in [6.45, 7) is 5.10. The van der Waals surface area contributed by atoms with Crippen molar-refractivity contribution < 1.29 is 19.2 Å². The maximum atomic E-state index is 11.6. The van der Waals surface area contributed by atoms with Crippen molar-refractivity contribution in [3.63, 3.8) is 0 Å². The van der Waals surface area contributed by atoms with Crippen molar-refractivity contribution in [2.75, 3.05) is 0 Å². The molecular formula is C14H18N2O5. The SMILES string of the molecule is CC(C)(C)OC(=O)N[C@H](C=O)Cc1ccccc1[N+](=O)[O-]. The summed E-state index contributed by atoms with van der Waals surface area (Å²) in [6.07, 6.45) is -0.182. The normalized spacial score (nSPS) is 12.3. The van der Waals surface area contributed by atoms with Crippen LogP contribution in [0.15, 0.2) is 24.3 Å². The molecule has 0 aliphatic heterocycles. The van der Waals surface area contributed by atoms with Crippen molar-refractivity contribution in [3.8, 4) is 0 Å². The minimum atomic E-state index is -0.888. The Hall–Kier alpha value is -2.44. The largest absolute Gasteiger partial charge is 0.444 e. The fourth-order valence-electron chi connectivity index (χ4n) is 1.69. The molecule has 0 unspecified atom stereocenters. The Morgan fingerprint density at radius 1 is 1.43 bits per heavy atom. The first-order chi connectivity index (χ1) is 9.73. The van der Waals surface area contributed by atoms with E-state index < -0.39 is 22.7 Å². The molecule has 1 rings (SSSR count). The molecule has 1 N–H and O–H groups in total. The quantitative estimate of drug-likeness (QED) is 0.510. The van der Waals surface area contributed by atoms with Gasteiger partial charge in [0.1, 0.15) is 11.9 Å². The van der Waals surface area contributed by atoms with Gasteiger partial charge < -0.3 is 14.8 Å². The average Bonchev–Trinajstić information content (AvgIpc) is 2.36. The van der Waals surface area contributed by atoms with Crippen molar-refractivity contribution in [1.82, 2.24) is 5.32 Å². The molecule has 1 aromatic rings. The van der Waals surface area contributed by atoms with Gasteiger partial charge in [0, 0.05) is 18.1 Å². The van der Waals surface area contributed by atoms with Gasteiger partial charge in [0.05, 0.1) is 11.0 Å². The van der Waals surface area contributed by atoms with Gasteiger partial charge in [-0.25, -0.2) is 4.79 Å². The minimum absolute atomic E-state index is 0.0277. The molecule has 1 aromatic carbocycles. The smallest absolute Gasteiger partial charge is 0.408 e.